The first-order valence-electron chi connectivity index (χ1n) is 7.70. The van der Waals surface area contributed by atoms with Crippen molar-refractivity contribution in [2.24, 2.45) is 23.5 Å². The smallest absolute Gasteiger partial charge is 0.223 e. The van der Waals surface area contributed by atoms with Crippen molar-refractivity contribution in [1.82, 2.24) is 10.6 Å². The third-order valence-electron chi connectivity index (χ3n) is 3.93. The number of nitrogens with two attached hydrogens (primary N) is 1. The van der Waals surface area contributed by atoms with Crippen molar-refractivity contribution in [3.05, 3.63) is 0 Å². The quantitative estimate of drug-likeness (QED) is 0.680. The van der Waals surface area contributed by atoms with Gasteiger partial charge in [-0.25, -0.2) is 0 Å². The second-order valence-electron chi connectivity index (χ2n) is 6.40. The molecule has 0 aromatic heterocycles. The normalized spacial score (nSPS) is 26.4. The maximum Gasteiger partial charge on any atom is 0.223 e. The summed E-state index contributed by atoms with van der Waals surface area (Å²) in [6.07, 6.45) is 3.11. The molecule has 5 heteroatoms. The van der Waals surface area contributed by atoms with E-state index in [0.717, 1.165) is 19.3 Å². The molecule has 1 aliphatic carbocycles. The van der Waals surface area contributed by atoms with Crippen LogP contribution in [0.5, 0.6) is 0 Å². The molecule has 0 radical (unpaired) electrons. The Labute approximate surface area is 122 Å². The van der Waals surface area contributed by atoms with Crippen molar-refractivity contribution in [3.63, 3.8) is 0 Å². The van der Waals surface area contributed by atoms with Gasteiger partial charge in [-0.2, -0.15) is 0 Å². The lowest BCUT2D eigenvalue weighted by molar-refractivity contribution is -0.127. The number of nitrogens with one attached hydrogen (secondary N) is 2. The van der Waals surface area contributed by atoms with E-state index in [1.165, 1.54) is 0 Å². The number of amides is 2. The van der Waals surface area contributed by atoms with Crippen molar-refractivity contribution in [2.45, 2.75) is 52.5 Å². The topological polar surface area (TPSA) is 84.2 Å². The Kier molecular flexibility index (Phi) is 6.99. The predicted molar refractivity (Wildman–Crippen MR) is 80.0 cm³/mol. The molecule has 0 aromatic rings. The SMILES string of the molecule is CC(C)CNC(=O)CCNC(=O)C1CC(N)CCC1C. The van der Waals surface area contributed by atoms with Gasteiger partial charge in [0, 0.05) is 31.5 Å². The summed E-state index contributed by atoms with van der Waals surface area (Å²) in [6, 6.07) is 0.135. The molecule has 3 unspecified atom stereocenters. The monoisotopic (exact) mass is 283 g/mol. The van der Waals surface area contributed by atoms with Crippen molar-refractivity contribution < 1.29 is 9.59 Å². The molecular weight excluding hydrogens is 254 g/mol. The zero-order chi connectivity index (χ0) is 15.1. The van der Waals surface area contributed by atoms with E-state index in [1.807, 2.05) is 0 Å². The van der Waals surface area contributed by atoms with Crippen LogP contribution in [0.1, 0.15) is 46.5 Å². The van der Waals surface area contributed by atoms with Crippen LogP contribution in [-0.4, -0.2) is 30.9 Å². The number of hydrogen-bond acceptors (Lipinski definition) is 3. The van der Waals surface area contributed by atoms with E-state index in [1.54, 1.807) is 0 Å². The minimum absolute atomic E-state index is 0.00234. The first kappa shape index (κ1) is 17.0. The van der Waals surface area contributed by atoms with E-state index in [-0.39, 0.29) is 23.8 Å². The average molecular weight is 283 g/mol. The first-order chi connectivity index (χ1) is 9.40. The minimum Gasteiger partial charge on any atom is -0.356 e. The fourth-order valence-corrected chi connectivity index (χ4v) is 2.56. The molecule has 20 heavy (non-hydrogen) atoms. The van der Waals surface area contributed by atoms with Crippen LogP contribution in [0.15, 0.2) is 0 Å². The highest BCUT2D eigenvalue weighted by molar-refractivity contribution is 5.80. The van der Waals surface area contributed by atoms with Gasteiger partial charge in [0.1, 0.15) is 0 Å². The van der Waals surface area contributed by atoms with Gasteiger partial charge in [-0.15, -0.1) is 0 Å². The van der Waals surface area contributed by atoms with Crippen LogP contribution in [-0.2, 0) is 9.59 Å². The molecule has 5 nitrogen and oxygen atoms in total. The third-order valence-corrected chi connectivity index (χ3v) is 3.93. The maximum absolute atomic E-state index is 12.1. The van der Waals surface area contributed by atoms with E-state index in [4.69, 9.17) is 5.73 Å². The van der Waals surface area contributed by atoms with Gasteiger partial charge < -0.3 is 16.4 Å². The van der Waals surface area contributed by atoms with E-state index < -0.39 is 0 Å². The second kappa shape index (κ2) is 8.25. The zero-order valence-corrected chi connectivity index (χ0v) is 12.9. The summed E-state index contributed by atoms with van der Waals surface area (Å²) in [7, 11) is 0. The molecule has 0 aromatic carbocycles. The second-order valence-corrected chi connectivity index (χ2v) is 6.40. The van der Waals surface area contributed by atoms with Gasteiger partial charge in [0.2, 0.25) is 11.8 Å². The van der Waals surface area contributed by atoms with Crippen LogP contribution in [0.4, 0.5) is 0 Å². The summed E-state index contributed by atoms with van der Waals surface area (Å²) >= 11 is 0. The summed E-state index contributed by atoms with van der Waals surface area (Å²) in [6.45, 7) is 7.29. The van der Waals surface area contributed by atoms with Crippen molar-refractivity contribution in [1.29, 1.82) is 0 Å². The van der Waals surface area contributed by atoms with Crippen LogP contribution in [0.2, 0.25) is 0 Å². The lowest BCUT2D eigenvalue weighted by Crippen LogP contribution is -2.42. The highest BCUT2D eigenvalue weighted by Crippen LogP contribution is 2.29. The van der Waals surface area contributed by atoms with Gasteiger partial charge in [0.15, 0.2) is 0 Å². The largest absolute Gasteiger partial charge is 0.356 e. The summed E-state index contributed by atoms with van der Waals surface area (Å²) < 4.78 is 0. The van der Waals surface area contributed by atoms with Crippen molar-refractivity contribution >= 4 is 11.8 Å². The summed E-state index contributed by atoms with van der Waals surface area (Å²) in [5.74, 6) is 0.858. The lowest BCUT2D eigenvalue weighted by atomic mass is 9.78. The molecule has 0 aliphatic heterocycles. The van der Waals surface area contributed by atoms with Crippen LogP contribution in [0.3, 0.4) is 0 Å². The molecule has 2 amide bonds. The summed E-state index contributed by atoms with van der Waals surface area (Å²) in [4.78, 5) is 23.6. The summed E-state index contributed by atoms with van der Waals surface area (Å²) in [5, 5.41) is 5.71. The Morgan fingerprint density at radius 3 is 2.60 bits per heavy atom. The van der Waals surface area contributed by atoms with Gasteiger partial charge in [-0.3, -0.25) is 9.59 Å². The van der Waals surface area contributed by atoms with Crippen LogP contribution in [0, 0.1) is 17.8 Å². The molecule has 3 atom stereocenters. The van der Waals surface area contributed by atoms with Crippen LogP contribution >= 0.6 is 0 Å². The molecule has 0 spiro atoms. The summed E-state index contributed by atoms with van der Waals surface area (Å²) in [5.41, 5.74) is 5.93. The minimum atomic E-state index is -0.00704. The molecule has 1 saturated carbocycles. The molecule has 0 heterocycles. The Hall–Kier alpha value is -1.10. The lowest BCUT2D eigenvalue weighted by Gasteiger charge is -2.31. The number of carbonyl (C=O) groups is 2. The van der Waals surface area contributed by atoms with E-state index >= 15 is 0 Å². The van der Waals surface area contributed by atoms with Crippen LogP contribution in [0.25, 0.3) is 0 Å². The fourth-order valence-electron chi connectivity index (χ4n) is 2.56. The molecular formula is C15H29N3O2. The zero-order valence-electron chi connectivity index (χ0n) is 12.9. The maximum atomic E-state index is 12.1. The fraction of sp³-hybridized carbons (Fsp3) is 0.867. The number of carbonyl (C=O) groups excluding carboxylic acids is 2. The molecule has 1 fully saturated rings. The molecule has 1 rings (SSSR count). The molecule has 0 bridgehead atoms. The molecule has 4 N–H and O–H groups in total. The van der Waals surface area contributed by atoms with Gasteiger partial charge in [-0.1, -0.05) is 20.8 Å². The Balaban J connectivity index is 2.23. The van der Waals surface area contributed by atoms with Gasteiger partial charge in [-0.05, 0) is 31.1 Å². The van der Waals surface area contributed by atoms with Gasteiger partial charge in [0.05, 0.1) is 0 Å². The number of rotatable bonds is 6. The molecule has 0 saturated heterocycles. The van der Waals surface area contributed by atoms with Gasteiger partial charge in [0.25, 0.3) is 0 Å². The van der Waals surface area contributed by atoms with Crippen LogP contribution < -0.4 is 16.4 Å². The highest BCUT2D eigenvalue weighted by Gasteiger charge is 2.30. The standard InChI is InChI=1S/C15H29N3O2/c1-10(2)9-18-14(19)6-7-17-15(20)13-8-12(16)5-4-11(13)3/h10-13H,4-9,16H2,1-3H3,(H,17,20)(H,18,19). The first-order valence-corrected chi connectivity index (χ1v) is 7.70. The third kappa shape index (κ3) is 5.90. The van der Waals surface area contributed by atoms with Crippen molar-refractivity contribution in [2.75, 3.05) is 13.1 Å². The van der Waals surface area contributed by atoms with E-state index in [2.05, 4.69) is 31.4 Å². The molecule has 1 aliphatic rings. The number of hydrogen-bond donors (Lipinski definition) is 3. The van der Waals surface area contributed by atoms with Crippen molar-refractivity contribution in [3.8, 4) is 0 Å². The predicted octanol–water partition coefficient (Wildman–Crippen LogP) is 1.03. The molecule has 116 valence electrons. The van der Waals surface area contributed by atoms with E-state index in [0.29, 0.717) is 31.3 Å². The van der Waals surface area contributed by atoms with E-state index in [9.17, 15) is 9.59 Å². The Morgan fingerprint density at radius 2 is 1.95 bits per heavy atom. The van der Waals surface area contributed by atoms with Gasteiger partial charge >= 0.3 is 0 Å². The Morgan fingerprint density at radius 1 is 1.25 bits per heavy atom. The average Bonchev–Trinajstić information content (AvgIpc) is 2.39. The highest BCUT2D eigenvalue weighted by atomic mass is 16.2. The Bertz CT molecular complexity index is 331.